The Bertz CT molecular complexity index is 3380. The number of nitrogens with zero attached hydrogens (tertiary/aromatic N) is 2. The summed E-state index contributed by atoms with van der Waals surface area (Å²) in [4.78, 5) is 197. The van der Waals surface area contributed by atoms with Crippen LogP contribution in [0.25, 0.3) is 10.9 Å². The molecule has 4 aliphatic rings. The minimum absolute atomic E-state index is 0.200. The van der Waals surface area contributed by atoms with Crippen LogP contribution in [0.4, 0.5) is 5.69 Å². The van der Waals surface area contributed by atoms with Crippen molar-refractivity contribution in [2.45, 2.75) is 145 Å². The van der Waals surface area contributed by atoms with Crippen LogP contribution in [-0.4, -0.2) is 212 Å². The molecule has 0 spiro atoms. The quantitative estimate of drug-likeness (QED) is 0.0403. The summed E-state index contributed by atoms with van der Waals surface area (Å²) in [6, 6.07) is 2.62. The lowest BCUT2D eigenvalue weighted by Crippen LogP contribution is -2.69. The van der Waals surface area contributed by atoms with Crippen LogP contribution in [0.2, 0.25) is 0 Å². The summed E-state index contributed by atoms with van der Waals surface area (Å²) in [5, 5.41) is 62.4. The van der Waals surface area contributed by atoms with Gasteiger partial charge in [-0.15, -0.1) is 11.8 Å². The van der Waals surface area contributed by atoms with Crippen LogP contribution in [0.1, 0.15) is 78.4 Å². The lowest BCUT2D eigenvalue weighted by molar-refractivity contribution is -0.147. The number of aromatic nitrogens is 1. The number of carbonyl (C=O) groups is 14. The Morgan fingerprint density at radius 2 is 1.44 bits per heavy atom. The number of aliphatic hydroxyl groups is 3. The monoisotopic (exact) mass is 1310 g/mol. The summed E-state index contributed by atoms with van der Waals surface area (Å²) in [5.74, 6) is -13.2. The van der Waals surface area contributed by atoms with Gasteiger partial charge in [-0.25, -0.2) is 0 Å². The molecule has 5 heterocycles. The van der Waals surface area contributed by atoms with Gasteiger partial charge in [-0.2, -0.15) is 0 Å². The summed E-state index contributed by atoms with van der Waals surface area (Å²) < 4.78 is 0. The third-order valence-electron chi connectivity index (χ3n) is 16.6. The van der Waals surface area contributed by atoms with Crippen molar-refractivity contribution >= 4 is 111 Å². The van der Waals surface area contributed by atoms with E-state index in [-0.39, 0.29) is 43.7 Å². The van der Waals surface area contributed by atoms with Gasteiger partial charge in [0.2, 0.25) is 65.0 Å². The Hall–Kier alpha value is -9.11. The van der Waals surface area contributed by atoms with Crippen molar-refractivity contribution in [3.05, 3.63) is 71.8 Å². The van der Waals surface area contributed by atoms with Crippen molar-refractivity contribution < 1.29 is 82.4 Å². The average Bonchev–Trinajstić information content (AvgIpc) is 1.35. The van der Waals surface area contributed by atoms with Gasteiger partial charge in [0.05, 0.1) is 49.4 Å². The number of H-pyrrole nitrogens is 1. The molecule has 3 aromatic rings. The number of benzene rings is 2. The predicted octanol–water partition coefficient (Wildman–Crippen LogP) is -3.91. The van der Waals surface area contributed by atoms with Crippen LogP contribution in [0.5, 0.6) is 0 Å². The summed E-state index contributed by atoms with van der Waals surface area (Å²) in [5.41, 5.74) is -0.700. The number of hydrogen-bond acceptors (Lipinski definition) is 19. The van der Waals surface area contributed by atoms with Gasteiger partial charge in [-0.1, -0.05) is 71.4 Å². The zero-order valence-electron chi connectivity index (χ0n) is 52.1. The summed E-state index contributed by atoms with van der Waals surface area (Å²) in [6.45, 7) is 6.14. The zero-order chi connectivity index (χ0) is 68.0. The zero-order valence-corrected chi connectivity index (χ0v) is 52.9. The van der Waals surface area contributed by atoms with E-state index in [1.54, 1.807) is 52.0 Å². The highest BCUT2D eigenvalue weighted by molar-refractivity contribution is 7.99. The Morgan fingerprint density at radius 3 is 2.10 bits per heavy atom. The van der Waals surface area contributed by atoms with Crippen LogP contribution in [0.15, 0.2) is 65.7 Å². The highest BCUT2D eigenvalue weighted by Crippen LogP contribution is 2.33. The normalized spacial score (nSPS) is 24.4. The minimum Gasteiger partial charge on any atom is -0.394 e. The molecule has 1 fully saturated rings. The fourth-order valence-electron chi connectivity index (χ4n) is 10.9. The van der Waals surface area contributed by atoms with E-state index in [2.05, 4.69) is 63.5 Å². The lowest BCUT2D eigenvalue weighted by atomic mass is 9.92. The number of fused-ring (bicyclic) bond motifs is 5. The number of aldehydes is 1. The minimum atomic E-state index is -2.37. The molecular weight excluding hydrogens is 1230 g/mol. The van der Waals surface area contributed by atoms with Crippen molar-refractivity contribution in [2.75, 3.05) is 43.9 Å². The van der Waals surface area contributed by atoms with Gasteiger partial charge in [-0.3, -0.25) is 77.3 Å². The fraction of sp³-hybridized carbons (Fsp3) is 0.508. The Labute approximate surface area is 538 Å². The van der Waals surface area contributed by atoms with Gasteiger partial charge >= 0.3 is 0 Å². The van der Waals surface area contributed by atoms with Crippen molar-refractivity contribution in [1.82, 2.24) is 68.0 Å². The number of hydrogen-bond donors (Lipinski definition) is 15. The molecule has 93 heavy (non-hydrogen) atoms. The molecule has 2 bridgehead atoms. The van der Waals surface area contributed by atoms with Crippen LogP contribution < -0.4 is 58.5 Å². The molecule has 32 heteroatoms. The molecule has 0 aliphatic carbocycles. The maximum absolute atomic E-state index is 15.3. The average molecular weight is 1310 g/mol. The van der Waals surface area contributed by atoms with Gasteiger partial charge < -0.3 is 78.4 Å². The SMILES string of the molecule is CC[C@H](C)[C@@H]1NC(=O)CNC(=O)[C@@H]2Cc3c([nH]c4ccccc34)SCC(NC(=O)CNC1=O)C(=O)N[C@@H](CC(=O)NCc1ccc(NC(=O)[C@H](C)NC(=O)C(NC(=O)CCN3C(=O)C=CC3=O)C(C)C)cc1)C(=O)N1C[C@H](O)C[C@]1(C=O)N[C@@H]([C@@H](C)[C@@H](O)CO)C(=O)N2. The lowest BCUT2D eigenvalue weighted by Gasteiger charge is -2.41. The second-order valence-corrected chi connectivity index (χ2v) is 24.8. The molecule has 2 unspecified atom stereocenters. The number of aromatic amines is 1. The molecule has 31 nitrogen and oxygen atoms in total. The first-order valence-corrected chi connectivity index (χ1v) is 31.4. The maximum atomic E-state index is 15.3. The van der Waals surface area contributed by atoms with Gasteiger partial charge in [-0.05, 0) is 48.1 Å². The number of amides is 13. The second-order valence-electron chi connectivity index (χ2n) is 23.8. The molecule has 13 amide bonds. The van der Waals surface area contributed by atoms with Gasteiger partial charge in [0.15, 0.2) is 11.9 Å². The molecule has 2 aromatic carbocycles. The topological polar surface area (TPSA) is 454 Å². The fourth-order valence-corrected chi connectivity index (χ4v) is 12.0. The number of anilines is 1. The number of imide groups is 1. The second kappa shape index (κ2) is 32.0. The van der Waals surface area contributed by atoms with Gasteiger partial charge in [0, 0.05) is 79.3 Å². The summed E-state index contributed by atoms with van der Waals surface area (Å²) in [6.07, 6.45) is -2.48. The number of rotatable bonds is 19. The first-order valence-electron chi connectivity index (χ1n) is 30.5. The van der Waals surface area contributed by atoms with E-state index >= 15 is 4.79 Å². The van der Waals surface area contributed by atoms with Gasteiger partial charge in [0.25, 0.3) is 11.8 Å². The van der Waals surface area contributed by atoms with Crippen molar-refractivity contribution in [2.24, 2.45) is 17.8 Å². The standard InChI is InChI=1S/C61H80N14O17S/c1-7-31(4)51-56(89)64-24-46(82)67-42-28-93-59-38(37-10-8-9-11-39(37)70-59)20-40(54(87)63-25-47(83)72-51)68-58(91)52(32(5)43(79)27-76)73-61(29-77)22-36(78)26-75(61)60(92)41(69-55(42)88)21-45(81)62-23-34-12-14-35(15-13-34)66-53(86)33(6)65-57(90)50(30(2)3)71-44(80)18-19-74-48(84)16-17-49(74)85/h8-17,29-33,36,40-43,50-52,70,73,76,78-79H,7,18-28H2,1-6H3,(H,62,81)(H,63,87)(H,64,89)(H,65,90)(H,66,86)(H,67,82)(H,68,91)(H,69,88)(H,71,80)(H,72,83)/t31-,32-,33-,36+,40-,41-,42?,43-,50?,51-,52-,61-/m0/s1. The van der Waals surface area contributed by atoms with Crippen LogP contribution in [0.3, 0.4) is 0 Å². The molecule has 12 atom stereocenters. The van der Waals surface area contributed by atoms with E-state index in [9.17, 15) is 77.6 Å². The molecule has 7 rings (SSSR count). The largest absolute Gasteiger partial charge is 0.394 e. The molecule has 4 aliphatic heterocycles. The number of para-hydroxylation sites is 1. The molecule has 1 saturated heterocycles. The van der Waals surface area contributed by atoms with Gasteiger partial charge in [0.1, 0.15) is 36.3 Å². The molecule has 1 aromatic heterocycles. The van der Waals surface area contributed by atoms with E-state index in [0.29, 0.717) is 33.5 Å². The van der Waals surface area contributed by atoms with Crippen LogP contribution in [0, 0.1) is 17.8 Å². The van der Waals surface area contributed by atoms with E-state index in [1.165, 1.54) is 38.1 Å². The number of thioether (sulfide) groups is 1. The van der Waals surface area contributed by atoms with E-state index in [0.717, 1.165) is 33.7 Å². The maximum Gasteiger partial charge on any atom is 0.253 e. The van der Waals surface area contributed by atoms with Crippen LogP contribution in [-0.2, 0) is 80.1 Å². The smallest absolute Gasteiger partial charge is 0.253 e. The van der Waals surface area contributed by atoms with Crippen molar-refractivity contribution in [1.29, 1.82) is 0 Å². The molecule has 0 radical (unpaired) electrons. The Balaban J connectivity index is 1.16. The Morgan fingerprint density at radius 1 is 0.774 bits per heavy atom. The van der Waals surface area contributed by atoms with E-state index in [1.807, 2.05) is 0 Å². The summed E-state index contributed by atoms with van der Waals surface area (Å²) in [7, 11) is 0. The van der Waals surface area contributed by atoms with Crippen molar-refractivity contribution in [3.8, 4) is 0 Å². The predicted molar refractivity (Wildman–Crippen MR) is 333 cm³/mol. The number of nitrogens with one attached hydrogen (secondary N) is 12. The third kappa shape index (κ3) is 18.1. The molecule has 15 N–H and O–H groups in total. The molecular formula is C61H80N14O17S. The van der Waals surface area contributed by atoms with E-state index in [4.69, 9.17) is 0 Å². The highest BCUT2D eigenvalue weighted by atomic mass is 32.2. The summed E-state index contributed by atoms with van der Waals surface area (Å²) >= 11 is 0.987. The first-order chi connectivity index (χ1) is 44.1. The van der Waals surface area contributed by atoms with Crippen molar-refractivity contribution in [3.63, 3.8) is 0 Å². The Kier molecular flexibility index (Phi) is 24.5. The van der Waals surface area contributed by atoms with Crippen LogP contribution >= 0.6 is 11.8 Å². The third-order valence-corrected chi connectivity index (χ3v) is 17.7. The highest BCUT2D eigenvalue weighted by Gasteiger charge is 2.53. The molecule has 0 saturated carbocycles. The van der Waals surface area contributed by atoms with E-state index < -0.39 is 194 Å². The number of carbonyl (C=O) groups excluding carboxylic acids is 14. The number of aliphatic hydroxyl groups excluding tert-OH is 3. The molecule has 502 valence electrons. The first kappa shape index (κ1) is 71.3.